The number of ether oxygens (including phenoxy) is 1. The van der Waals surface area contributed by atoms with Crippen LogP contribution in [0.25, 0.3) is 0 Å². The Balaban J connectivity index is 1.34. The Morgan fingerprint density at radius 1 is 1.00 bits per heavy atom. The van der Waals surface area contributed by atoms with Crippen LogP contribution in [0.3, 0.4) is 0 Å². The van der Waals surface area contributed by atoms with Gasteiger partial charge in [0.1, 0.15) is 17.7 Å². The lowest BCUT2D eigenvalue weighted by molar-refractivity contribution is -0.140. The quantitative estimate of drug-likeness (QED) is 0.0467. The summed E-state index contributed by atoms with van der Waals surface area (Å²) in [5.74, 6) is -3.94. The number of halogens is 2. The Morgan fingerprint density at radius 3 is 2.23 bits per heavy atom. The van der Waals surface area contributed by atoms with E-state index >= 15 is 8.78 Å². The summed E-state index contributed by atoms with van der Waals surface area (Å²) in [6.45, 7) is 2.74. The van der Waals surface area contributed by atoms with E-state index in [1.807, 2.05) is 11.9 Å². The number of rotatable bonds is 26. The number of hydrogen-bond acceptors (Lipinski definition) is 10. The van der Waals surface area contributed by atoms with Gasteiger partial charge in [-0.1, -0.05) is 85.9 Å². The molecule has 16 heteroatoms. The van der Waals surface area contributed by atoms with Crippen molar-refractivity contribution in [3.05, 3.63) is 114 Å². The summed E-state index contributed by atoms with van der Waals surface area (Å²) in [4.78, 5) is 29.9. The van der Waals surface area contributed by atoms with Crippen molar-refractivity contribution in [1.82, 2.24) is 24.9 Å². The number of hydrogen-bond donors (Lipinski definition) is 4. The highest BCUT2D eigenvalue weighted by atomic mass is 31.2. The molecular weight excluding hydrogens is 745 g/mol. The van der Waals surface area contributed by atoms with Crippen LogP contribution in [-0.4, -0.2) is 83.4 Å². The van der Waals surface area contributed by atoms with Gasteiger partial charge in [0.2, 0.25) is 12.1 Å². The Bertz CT molecular complexity index is 1720. The van der Waals surface area contributed by atoms with Crippen molar-refractivity contribution in [2.45, 2.75) is 82.6 Å². The number of benzene rings is 1. The first kappa shape index (κ1) is 46.1. The van der Waals surface area contributed by atoms with Crippen molar-refractivity contribution in [3.8, 4) is 5.75 Å². The van der Waals surface area contributed by atoms with E-state index in [-0.39, 0.29) is 24.0 Å². The van der Waals surface area contributed by atoms with Crippen LogP contribution in [0.1, 0.15) is 64.5 Å². The molecule has 2 heterocycles. The van der Waals surface area contributed by atoms with Gasteiger partial charge in [0, 0.05) is 38.8 Å². The molecule has 1 saturated heterocycles. The number of anilines is 1. The van der Waals surface area contributed by atoms with Gasteiger partial charge >= 0.3 is 19.4 Å². The summed E-state index contributed by atoms with van der Waals surface area (Å²) in [6, 6.07) is 9.26. The number of aromatic nitrogens is 2. The number of alkyl halides is 2. The molecule has 1 fully saturated rings. The second-order valence-corrected chi connectivity index (χ2v) is 14.8. The maximum Gasteiger partial charge on any atom is 0.458 e. The molecule has 1 amide bonds. The molecule has 4 atom stereocenters. The number of carbonyl (C=O) groups excluding carboxylic acids is 1. The third kappa shape index (κ3) is 16.9. The van der Waals surface area contributed by atoms with E-state index in [0.29, 0.717) is 30.6 Å². The lowest BCUT2D eigenvalue weighted by Gasteiger charge is -2.24. The van der Waals surface area contributed by atoms with Crippen LogP contribution in [0.2, 0.25) is 0 Å². The van der Waals surface area contributed by atoms with Crippen molar-refractivity contribution >= 4 is 19.5 Å². The maximum absolute atomic E-state index is 15.0. The van der Waals surface area contributed by atoms with Gasteiger partial charge in [-0.2, -0.15) is 13.8 Å². The highest BCUT2D eigenvalue weighted by molar-refractivity contribution is 7.52. The molecule has 5 N–H and O–H groups in total. The minimum absolute atomic E-state index is 0.0419. The van der Waals surface area contributed by atoms with Crippen LogP contribution in [0.15, 0.2) is 108 Å². The van der Waals surface area contributed by atoms with Crippen LogP contribution in [0.4, 0.5) is 14.6 Å². The van der Waals surface area contributed by atoms with Gasteiger partial charge in [0.15, 0.2) is 6.10 Å². The zero-order chi connectivity index (χ0) is 40.7. The number of nitrogens with zero attached hydrogens (tertiary/aromatic N) is 3. The van der Waals surface area contributed by atoms with Crippen LogP contribution in [-0.2, 0) is 18.6 Å². The highest BCUT2D eigenvalue weighted by Gasteiger charge is 2.60. The largest absolute Gasteiger partial charge is 0.458 e. The SMILES string of the molecule is CC/C=C\C/C=C\C/C=C\C/C=C\C/C=C\CCCC(=O)NCCN(C)CCNP(=O)(OC[C@H]1O[C@@H](n2ccc(N)nc2=O)C(F)(F)[C@@H]1O)Oc1ccccc1. The van der Waals surface area contributed by atoms with Crippen molar-refractivity contribution < 1.29 is 37.0 Å². The van der Waals surface area contributed by atoms with E-state index in [2.05, 4.69) is 83.1 Å². The van der Waals surface area contributed by atoms with Crippen molar-refractivity contribution in [2.24, 2.45) is 0 Å². The summed E-state index contributed by atoms with van der Waals surface area (Å²) >= 11 is 0. The normalized spacial score (nSPS) is 19.6. The van der Waals surface area contributed by atoms with Gasteiger partial charge in [0.05, 0.1) is 6.61 Å². The number of amides is 1. The summed E-state index contributed by atoms with van der Waals surface area (Å²) in [6.07, 6.45) is 23.0. The topological polar surface area (TPSA) is 170 Å². The molecule has 308 valence electrons. The first-order valence-electron chi connectivity index (χ1n) is 19.0. The molecule has 0 radical (unpaired) electrons. The lowest BCUT2D eigenvalue weighted by Crippen LogP contribution is -2.42. The number of allylic oxidation sites excluding steroid dienone is 10. The summed E-state index contributed by atoms with van der Waals surface area (Å²) < 4.78 is 60.8. The van der Waals surface area contributed by atoms with Crippen LogP contribution in [0.5, 0.6) is 5.75 Å². The Hall–Kier alpha value is -4.24. The van der Waals surface area contributed by atoms with E-state index < -0.39 is 44.4 Å². The van der Waals surface area contributed by atoms with Gasteiger partial charge in [-0.25, -0.2) is 14.4 Å². The van der Waals surface area contributed by atoms with Crippen LogP contribution in [0, 0.1) is 0 Å². The van der Waals surface area contributed by atoms with Gasteiger partial charge < -0.3 is 30.3 Å². The van der Waals surface area contributed by atoms with Crippen molar-refractivity contribution in [2.75, 3.05) is 45.6 Å². The molecular formula is C40H57F2N6O7P. The molecule has 1 aliphatic rings. The molecule has 2 aromatic rings. The number of aliphatic hydroxyl groups is 1. The molecule has 0 aliphatic carbocycles. The molecule has 56 heavy (non-hydrogen) atoms. The number of carbonyl (C=O) groups is 1. The van der Waals surface area contributed by atoms with Crippen molar-refractivity contribution in [1.29, 1.82) is 0 Å². The number of aliphatic hydroxyl groups excluding tert-OH is 1. The minimum Gasteiger partial charge on any atom is -0.413 e. The third-order valence-electron chi connectivity index (χ3n) is 8.41. The van der Waals surface area contributed by atoms with Crippen LogP contribution >= 0.6 is 7.75 Å². The number of para-hydroxylation sites is 1. The zero-order valence-corrected chi connectivity index (χ0v) is 33.2. The molecule has 0 saturated carbocycles. The van der Waals surface area contributed by atoms with Gasteiger partial charge in [-0.05, 0) is 70.2 Å². The fourth-order valence-corrected chi connectivity index (χ4v) is 6.64. The van der Waals surface area contributed by atoms with Gasteiger partial charge in [-0.15, -0.1) is 0 Å². The van der Waals surface area contributed by atoms with Crippen LogP contribution < -0.4 is 26.4 Å². The van der Waals surface area contributed by atoms with E-state index in [1.165, 1.54) is 0 Å². The number of nitrogens with two attached hydrogens (primary N) is 1. The number of likely N-dealkylation sites (N-methyl/N-ethyl adjacent to an activating group) is 1. The van der Waals surface area contributed by atoms with Gasteiger partial charge in [0.25, 0.3) is 0 Å². The Morgan fingerprint density at radius 2 is 1.61 bits per heavy atom. The number of nitrogen functional groups attached to an aromatic ring is 1. The molecule has 1 unspecified atom stereocenters. The fraction of sp³-hybridized carbons (Fsp3) is 0.475. The summed E-state index contributed by atoms with van der Waals surface area (Å²) in [5.41, 5.74) is 4.37. The van der Waals surface area contributed by atoms with E-state index in [9.17, 15) is 19.3 Å². The zero-order valence-electron chi connectivity index (χ0n) is 32.3. The average molecular weight is 803 g/mol. The summed E-state index contributed by atoms with van der Waals surface area (Å²) in [5, 5.41) is 16.0. The molecule has 1 aliphatic heterocycles. The molecule has 3 rings (SSSR count). The second kappa shape index (κ2) is 25.1. The van der Waals surface area contributed by atoms with E-state index in [4.69, 9.17) is 19.5 Å². The predicted octanol–water partition coefficient (Wildman–Crippen LogP) is 6.48. The second-order valence-electron chi connectivity index (χ2n) is 13.0. The van der Waals surface area contributed by atoms with E-state index in [1.54, 1.807) is 30.3 Å². The minimum atomic E-state index is -4.20. The summed E-state index contributed by atoms with van der Waals surface area (Å²) in [7, 11) is -2.38. The van der Waals surface area contributed by atoms with Crippen molar-refractivity contribution in [3.63, 3.8) is 0 Å². The first-order chi connectivity index (χ1) is 26.9. The fourth-order valence-electron chi connectivity index (χ4n) is 5.32. The molecule has 1 aromatic carbocycles. The standard InChI is InChI=1S/C40H57F2N6O7P/c1-3-4-5-6-7-8-9-10-11-12-13-14-15-16-17-18-22-25-36(49)44-27-30-47(2)31-28-45-56(52,55-33-23-20-19-21-24-33)53-32-34-37(50)40(41,42)38(54-34)48-29-26-35(43)46-39(48)51/h4-5,7-8,10-11,13-14,16-17,19-21,23-24,26,29,34,37-38,50H,3,6,9,12,15,18,22,25,27-28,30-32H2,1-2H3,(H,44,49)(H,45,52)(H2,43,46,51)/b5-4-,8-7-,11-10-,14-13-,17-16-/t34-,37-,38-,56?/m1/s1. The highest BCUT2D eigenvalue weighted by Crippen LogP contribution is 2.47. The Labute approximate surface area is 328 Å². The predicted molar refractivity (Wildman–Crippen MR) is 215 cm³/mol. The molecule has 0 bridgehead atoms. The molecule has 1 aromatic heterocycles. The average Bonchev–Trinajstić information content (AvgIpc) is 3.39. The number of unbranched alkanes of at least 4 members (excludes halogenated alkanes) is 1. The smallest absolute Gasteiger partial charge is 0.413 e. The Kier molecular flexibility index (Phi) is 20.7. The number of nitrogens with one attached hydrogen (secondary N) is 2. The van der Waals surface area contributed by atoms with Gasteiger partial charge in [-0.3, -0.25) is 13.9 Å². The third-order valence-corrected chi connectivity index (χ3v) is 9.96. The first-order valence-corrected chi connectivity index (χ1v) is 20.5. The van der Waals surface area contributed by atoms with E-state index in [0.717, 1.165) is 57.2 Å². The molecule has 13 nitrogen and oxygen atoms in total. The molecule has 0 spiro atoms. The maximum atomic E-state index is 15.0. The monoisotopic (exact) mass is 802 g/mol. The lowest BCUT2D eigenvalue weighted by atomic mass is 10.1.